The fraction of sp³-hybridized carbons (Fsp3) is 0.600. The molecule has 4 heteroatoms. The third-order valence-corrected chi connectivity index (χ3v) is 6.98. The van der Waals surface area contributed by atoms with Gasteiger partial charge in [0.1, 0.15) is 5.41 Å². The van der Waals surface area contributed by atoms with Gasteiger partial charge in [-0.15, -0.1) is 0 Å². The van der Waals surface area contributed by atoms with E-state index in [9.17, 15) is 9.59 Å². The van der Waals surface area contributed by atoms with Crippen LogP contribution in [0.15, 0.2) is 42.0 Å². The Bertz CT molecular complexity index is 743. The fourth-order valence-corrected chi connectivity index (χ4v) is 4.89. The minimum absolute atomic E-state index is 0.0367. The molecule has 1 heterocycles. The second kappa shape index (κ2) is 9.15. The van der Waals surface area contributed by atoms with Gasteiger partial charge in [0, 0.05) is 19.6 Å². The standard InChI is InChI=1S/C25H34N2O2/c28-23(26-16-11-20-7-3-1-4-8-20)25(14-15-25)24(29)27-17-12-22(13-18-27)19-21-9-5-2-6-10-21/h2,5-7,9-10,22H,1,3-4,8,11-19H2,(H,26,28). The van der Waals surface area contributed by atoms with E-state index < -0.39 is 5.41 Å². The number of hydrogen-bond donors (Lipinski definition) is 1. The van der Waals surface area contributed by atoms with Crippen molar-refractivity contribution >= 4 is 11.8 Å². The van der Waals surface area contributed by atoms with Gasteiger partial charge in [0.2, 0.25) is 11.8 Å². The highest BCUT2D eigenvalue weighted by molar-refractivity contribution is 6.07. The van der Waals surface area contributed by atoms with Crippen LogP contribution in [0.2, 0.25) is 0 Å². The summed E-state index contributed by atoms with van der Waals surface area (Å²) in [7, 11) is 0. The van der Waals surface area contributed by atoms with Crippen molar-refractivity contribution in [3.05, 3.63) is 47.5 Å². The number of hydrogen-bond acceptors (Lipinski definition) is 2. The molecule has 3 aliphatic rings. The van der Waals surface area contributed by atoms with Crippen LogP contribution in [0.3, 0.4) is 0 Å². The molecular weight excluding hydrogens is 360 g/mol. The molecule has 2 aliphatic carbocycles. The van der Waals surface area contributed by atoms with Crippen LogP contribution in [0.25, 0.3) is 0 Å². The summed E-state index contributed by atoms with van der Waals surface area (Å²) < 4.78 is 0. The second-order valence-corrected chi connectivity index (χ2v) is 9.12. The fourth-order valence-electron chi connectivity index (χ4n) is 4.89. The minimum Gasteiger partial charge on any atom is -0.355 e. The molecule has 0 atom stereocenters. The Morgan fingerprint density at radius 3 is 2.48 bits per heavy atom. The molecule has 0 bridgehead atoms. The molecule has 2 amide bonds. The lowest BCUT2D eigenvalue weighted by atomic mass is 9.89. The molecule has 1 aromatic carbocycles. The predicted octanol–water partition coefficient (Wildman–Crippen LogP) is 4.25. The van der Waals surface area contributed by atoms with Gasteiger partial charge in [-0.05, 0) is 75.7 Å². The third-order valence-electron chi connectivity index (χ3n) is 6.98. The molecule has 1 saturated heterocycles. The summed E-state index contributed by atoms with van der Waals surface area (Å²) in [5, 5.41) is 3.07. The van der Waals surface area contributed by atoms with E-state index in [1.165, 1.54) is 30.4 Å². The van der Waals surface area contributed by atoms with E-state index in [2.05, 4.69) is 41.7 Å². The lowest BCUT2D eigenvalue weighted by Gasteiger charge is -2.34. The summed E-state index contributed by atoms with van der Waals surface area (Å²) in [4.78, 5) is 27.8. The highest BCUT2D eigenvalue weighted by atomic mass is 16.2. The Kier molecular flexibility index (Phi) is 6.37. The Hall–Kier alpha value is -2.10. The lowest BCUT2D eigenvalue weighted by molar-refractivity contribution is -0.145. The molecule has 4 nitrogen and oxygen atoms in total. The summed E-state index contributed by atoms with van der Waals surface area (Å²) >= 11 is 0. The zero-order chi connectivity index (χ0) is 20.1. The summed E-state index contributed by atoms with van der Waals surface area (Å²) in [5.74, 6) is 0.671. The first-order valence-electron chi connectivity index (χ1n) is 11.5. The summed E-state index contributed by atoms with van der Waals surface area (Å²) in [6.45, 7) is 2.25. The number of piperidine rings is 1. The minimum atomic E-state index is -0.757. The maximum atomic E-state index is 13.1. The molecule has 2 fully saturated rings. The number of benzene rings is 1. The Morgan fingerprint density at radius 1 is 1.07 bits per heavy atom. The van der Waals surface area contributed by atoms with Gasteiger partial charge in [-0.3, -0.25) is 9.59 Å². The number of carbonyl (C=O) groups excluding carboxylic acids is 2. The topological polar surface area (TPSA) is 49.4 Å². The summed E-state index contributed by atoms with van der Waals surface area (Å²) in [6.07, 6.45) is 12.7. The zero-order valence-corrected chi connectivity index (χ0v) is 17.5. The number of carbonyl (C=O) groups is 2. The van der Waals surface area contributed by atoms with Gasteiger partial charge in [0.05, 0.1) is 0 Å². The first-order valence-corrected chi connectivity index (χ1v) is 11.5. The van der Waals surface area contributed by atoms with Crippen molar-refractivity contribution in [1.82, 2.24) is 10.2 Å². The molecule has 1 aromatic rings. The van der Waals surface area contributed by atoms with E-state index in [1.54, 1.807) is 0 Å². The van der Waals surface area contributed by atoms with Gasteiger partial charge in [0.15, 0.2) is 0 Å². The van der Waals surface area contributed by atoms with Crippen molar-refractivity contribution in [2.45, 2.75) is 64.2 Å². The summed E-state index contributed by atoms with van der Waals surface area (Å²) in [6, 6.07) is 10.6. The van der Waals surface area contributed by atoms with E-state index in [1.807, 2.05) is 4.90 Å². The number of rotatable bonds is 7. The van der Waals surface area contributed by atoms with Gasteiger partial charge >= 0.3 is 0 Å². The van der Waals surface area contributed by atoms with E-state index in [0.717, 1.165) is 45.2 Å². The quantitative estimate of drug-likeness (QED) is 0.555. The van der Waals surface area contributed by atoms with Gasteiger partial charge in [-0.1, -0.05) is 42.0 Å². The van der Waals surface area contributed by atoms with Crippen molar-refractivity contribution < 1.29 is 9.59 Å². The first kappa shape index (κ1) is 20.2. The smallest absolute Gasteiger partial charge is 0.238 e. The van der Waals surface area contributed by atoms with E-state index >= 15 is 0 Å². The van der Waals surface area contributed by atoms with Crippen LogP contribution in [0.1, 0.15) is 63.4 Å². The maximum Gasteiger partial charge on any atom is 0.238 e. The molecule has 1 saturated carbocycles. The van der Waals surface area contributed by atoms with Gasteiger partial charge in [0.25, 0.3) is 0 Å². The van der Waals surface area contributed by atoms with Crippen molar-refractivity contribution in [1.29, 1.82) is 0 Å². The van der Waals surface area contributed by atoms with Crippen LogP contribution in [0.4, 0.5) is 0 Å². The molecule has 156 valence electrons. The monoisotopic (exact) mass is 394 g/mol. The number of amides is 2. The molecule has 0 aromatic heterocycles. The van der Waals surface area contributed by atoms with Gasteiger partial charge in [-0.25, -0.2) is 0 Å². The summed E-state index contributed by atoms with van der Waals surface area (Å²) in [5.41, 5.74) is 2.09. The molecule has 29 heavy (non-hydrogen) atoms. The van der Waals surface area contributed by atoms with Crippen molar-refractivity contribution in [2.75, 3.05) is 19.6 Å². The van der Waals surface area contributed by atoms with Crippen LogP contribution in [-0.2, 0) is 16.0 Å². The lowest BCUT2D eigenvalue weighted by Crippen LogP contribution is -2.48. The molecule has 1 N–H and O–H groups in total. The molecule has 4 rings (SSSR count). The number of nitrogens with one attached hydrogen (secondary N) is 1. The zero-order valence-electron chi connectivity index (χ0n) is 17.5. The van der Waals surface area contributed by atoms with Crippen LogP contribution < -0.4 is 5.32 Å². The van der Waals surface area contributed by atoms with Crippen molar-refractivity contribution in [3.8, 4) is 0 Å². The largest absolute Gasteiger partial charge is 0.355 e. The van der Waals surface area contributed by atoms with Crippen LogP contribution in [0.5, 0.6) is 0 Å². The average molecular weight is 395 g/mol. The Balaban J connectivity index is 1.23. The normalized spacial score (nSPS) is 21.4. The average Bonchev–Trinajstić information content (AvgIpc) is 3.57. The Labute approximate surface area is 174 Å². The highest BCUT2D eigenvalue weighted by Crippen LogP contribution is 2.48. The van der Waals surface area contributed by atoms with Gasteiger partial charge < -0.3 is 10.2 Å². The SMILES string of the molecule is O=C(NCCC1=CCCCC1)C1(C(=O)N2CCC(Cc3ccccc3)CC2)CC1. The molecule has 1 aliphatic heterocycles. The van der Waals surface area contributed by atoms with E-state index in [0.29, 0.717) is 25.3 Å². The highest BCUT2D eigenvalue weighted by Gasteiger charge is 2.58. The third kappa shape index (κ3) is 4.91. The van der Waals surface area contributed by atoms with Crippen LogP contribution in [-0.4, -0.2) is 36.3 Å². The number of allylic oxidation sites excluding steroid dienone is 1. The predicted molar refractivity (Wildman–Crippen MR) is 115 cm³/mol. The van der Waals surface area contributed by atoms with Crippen molar-refractivity contribution in [3.63, 3.8) is 0 Å². The number of nitrogens with zero attached hydrogens (tertiary/aromatic N) is 1. The van der Waals surface area contributed by atoms with E-state index in [4.69, 9.17) is 0 Å². The van der Waals surface area contributed by atoms with Crippen LogP contribution in [0, 0.1) is 11.3 Å². The molecular formula is C25H34N2O2. The Morgan fingerprint density at radius 2 is 1.83 bits per heavy atom. The first-order chi connectivity index (χ1) is 14.2. The number of likely N-dealkylation sites (tertiary alicyclic amines) is 1. The van der Waals surface area contributed by atoms with Gasteiger partial charge in [-0.2, -0.15) is 0 Å². The second-order valence-electron chi connectivity index (χ2n) is 9.12. The van der Waals surface area contributed by atoms with Crippen molar-refractivity contribution in [2.24, 2.45) is 11.3 Å². The molecule has 0 spiro atoms. The van der Waals surface area contributed by atoms with E-state index in [-0.39, 0.29) is 11.8 Å². The maximum absolute atomic E-state index is 13.1. The molecule has 0 radical (unpaired) electrons. The molecule has 0 unspecified atom stereocenters. The van der Waals surface area contributed by atoms with Crippen LogP contribution >= 0.6 is 0 Å².